The predicted molar refractivity (Wildman–Crippen MR) is 53.9 cm³/mol. The first-order chi connectivity index (χ1) is 6.86. The van der Waals surface area contributed by atoms with Crippen molar-refractivity contribution < 1.29 is 9.84 Å². The van der Waals surface area contributed by atoms with Crippen LogP contribution in [0.25, 0.3) is 0 Å². The summed E-state index contributed by atoms with van der Waals surface area (Å²) < 4.78 is 5.04. The standard InChI is InChI=1S/C10H15N2O2/c1-14-10-4-2-9(3-5-10)8-12-11-6-7-13/h2-5,12-13H,6-8H2,1H3. The van der Waals surface area contributed by atoms with Crippen LogP contribution in [0.1, 0.15) is 5.56 Å². The highest BCUT2D eigenvalue weighted by Gasteiger charge is 1.93. The highest BCUT2D eigenvalue weighted by atomic mass is 16.5. The van der Waals surface area contributed by atoms with Gasteiger partial charge in [-0.15, -0.1) is 0 Å². The maximum Gasteiger partial charge on any atom is 0.118 e. The lowest BCUT2D eigenvalue weighted by Gasteiger charge is -2.04. The molecule has 4 heteroatoms. The first-order valence-electron chi connectivity index (χ1n) is 4.50. The van der Waals surface area contributed by atoms with Crippen molar-refractivity contribution in [3.05, 3.63) is 29.8 Å². The predicted octanol–water partition coefficient (Wildman–Crippen LogP) is 0.296. The van der Waals surface area contributed by atoms with E-state index in [1.807, 2.05) is 24.3 Å². The van der Waals surface area contributed by atoms with Crippen LogP contribution < -0.4 is 15.6 Å². The van der Waals surface area contributed by atoms with Gasteiger partial charge in [0, 0.05) is 6.54 Å². The van der Waals surface area contributed by atoms with Crippen molar-refractivity contribution in [3.63, 3.8) is 0 Å². The molecule has 0 bridgehead atoms. The molecule has 0 atom stereocenters. The Bertz CT molecular complexity index is 249. The van der Waals surface area contributed by atoms with E-state index in [9.17, 15) is 0 Å². The molecule has 0 aromatic heterocycles. The molecule has 4 nitrogen and oxygen atoms in total. The molecule has 0 aliphatic heterocycles. The summed E-state index contributed by atoms with van der Waals surface area (Å²) in [5.41, 5.74) is 7.89. The molecule has 0 unspecified atom stereocenters. The SMILES string of the molecule is COc1ccc(CN[N]CCO)cc1. The fourth-order valence-corrected chi connectivity index (χ4v) is 1.02. The first kappa shape index (κ1) is 11.0. The third kappa shape index (κ3) is 3.74. The lowest BCUT2D eigenvalue weighted by Crippen LogP contribution is -2.26. The molecule has 2 N–H and O–H groups in total. The van der Waals surface area contributed by atoms with Crippen molar-refractivity contribution in [2.24, 2.45) is 0 Å². The topological polar surface area (TPSA) is 55.6 Å². The van der Waals surface area contributed by atoms with Gasteiger partial charge in [-0.3, -0.25) is 0 Å². The Balaban J connectivity index is 2.29. The summed E-state index contributed by atoms with van der Waals surface area (Å²) in [6.45, 7) is 1.18. The van der Waals surface area contributed by atoms with E-state index in [1.54, 1.807) is 7.11 Å². The van der Waals surface area contributed by atoms with Crippen LogP contribution in [-0.2, 0) is 6.54 Å². The van der Waals surface area contributed by atoms with E-state index in [0.29, 0.717) is 13.1 Å². The quantitative estimate of drug-likeness (QED) is 0.507. The summed E-state index contributed by atoms with van der Waals surface area (Å²) in [5, 5.41) is 8.48. The summed E-state index contributed by atoms with van der Waals surface area (Å²) in [7, 11) is 1.64. The zero-order valence-electron chi connectivity index (χ0n) is 8.23. The second-order valence-electron chi connectivity index (χ2n) is 2.79. The highest BCUT2D eigenvalue weighted by Crippen LogP contribution is 2.10. The number of nitrogens with one attached hydrogen (secondary N) is 1. The van der Waals surface area contributed by atoms with Crippen molar-refractivity contribution in [2.75, 3.05) is 20.3 Å². The van der Waals surface area contributed by atoms with E-state index in [4.69, 9.17) is 9.84 Å². The Hall–Kier alpha value is -1.10. The maximum absolute atomic E-state index is 8.48. The van der Waals surface area contributed by atoms with Gasteiger partial charge in [-0.25, -0.2) is 5.43 Å². The van der Waals surface area contributed by atoms with Crippen LogP contribution in [0.15, 0.2) is 24.3 Å². The van der Waals surface area contributed by atoms with Crippen LogP contribution in [0.3, 0.4) is 0 Å². The number of rotatable bonds is 6. The van der Waals surface area contributed by atoms with Crippen LogP contribution >= 0.6 is 0 Å². The third-order valence-electron chi connectivity index (χ3n) is 1.77. The van der Waals surface area contributed by atoms with E-state index in [-0.39, 0.29) is 6.61 Å². The van der Waals surface area contributed by atoms with Gasteiger partial charge in [-0.2, -0.15) is 5.43 Å². The molecule has 1 rings (SSSR count). The van der Waals surface area contributed by atoms with Gasteiger partial charge in [0.05, 0.1) is 20.3 Å². The molecule has 1 aromatic carbocycles. The normalized spacial score (nSPS) is 10.1. The smallest absolute Gasteiger partial charge is 0.118 e. The minimum atomic E-state index is 0.0790. The molecular weight excluding hydrogens is 180 g/mol. The molecule has 0 aliphatic rings. The molecule has 77 valence electrons. The Morgan fingerprint density at radius 3 is 2.64 bits per heavy atom. The number of ether oxygens (including phenoxy) is 1. The Kier molecular flexibility index (Phi) is 4.99. The average Bonchev–Trinajstić information content (AvgIpc) is 2.25. The summed E-state index contributed by atoms with van der Waals surface area (Å²) in [4.78, 5) is 0. The minimum Gasteiger partial charge on any atom is -0.497 e. The van der Waals surface area contributed by atoms with Crippen LogP contribution in [0, 0.1) is 0 Å². The number of aliphatic hydroxyl groups excluding tert-OH is 1. The monoisotopic (exact) mass is 195 g/mol. The second-order valence-corrected chi connectivity index (χ2v) is 2.79. The zero-order valence-corrected chi connectivity index (χ0v) is 8.23. The molecule has 0 fully saturated rings. The lowest BCUT2D eigenvalue weighted by molar-refractivity contribution is 0.280. The molecule has 1 aromatic rings. The molecule has 0 saturated heterocycles. The first-order valence-corrected chi connectivity index (χ1v) is 4.50. The number of aliphatic hydroxyl groups is 1. The summed E-state index contributed by atoms with van der Waals surface area (Å²) >= 11 is 0. The molecule has 14 heavy (non-hydrogen) atoms. The van der Waals surface area contributed by atoms with Gasteiger partial charge < -0.3 is 9.84 Å². The van der Waals surface area contributed by atoms with Gasteiger partial charge >= 0.3 is 0 Å². The van der Waals surface area contributed by atoms with E-state index in [2.05, 4.69) is 10.9 Å². The van der Waals surface area contributed by atoms with E-state index < -0.39 is 0 Å². The van der Waals surface area contributed by atoms with Crippen LogP contribution in [0.4, 0.5) is 0 Å². The lowest BCUT2D eigenvalue weighted by atomic mass is 10.2. The van der Waals surface area contributed by atoms with Gasteiger partial charge in [-0.05, 0) is 17.7 Å². The number of benzene rings is 1. The maximum atomic E-state index is 8.48. The summed E-state index contributed by atoms with van der Waals surface area (Å²) in [6, 6.07) is 7.76. The average molecular weight is 195 g/mol. The summed E-state index contributed by atoms with van der Waals surface area (Å²) in [5.74, 6) is 0.848. The van der Waals surface area contributed by atoms with Crippen molar-refractivity contribution in [2.45, 2.75) is 6.54 Å². The van der Waals surface area contributed by atoms with Crippen LogP contribution in [0.5, 0.6) is 5.75 Å². The second kappa shape index (κ2) is 6.37. The third-order valence-corrected chi connectivity index (χ3v) is 1.77. The Morgan fingerprint density at radius 1 is 1.36 bits per heavy atom. The van der Waals surface area contributed by atoms with Crippen molar-refractivity contribution >= 4 is 0 Å². The van der Waals surface area contributed by atoms with E-state index >= 15 is 0 Å². The summed E-state index contributed by atoms with van der Waals surface area (Å²) in [6.07, 6.45) is 0. The molecule has 0 spiro atoms. The number of hydrogen-bond donors (Lipinski definition) is 2. The molecule has 0 aliphatic carbocycles. The number of nitrogens with zero attached hydrogens (tertiary/aromatic N) is 1. The van der Waals surface area contributed by atoms with Crippen molar-refractivity contribution in [1.82, 2.24) is 10.9 Å². The van der Waals surface area contributed by atoms with Crippen LogP contribution in [0.2, 0.25) is 0 Å². The van der Waals surface area contributed by atoms with Gasteiger partial charge in [0.15, 0.2) is 0 Å². The Labute approximate surface area is 83.9 Å². The fraction of sp³-hybridized carbons (Fsp3) is 0.400. The van der Waals surface area contributed by atoms with Crippen molar-refractivity contribution in [3.8, 4) is 5.75 Å². The number of hydrogen-bond acceptors (Lipinski definition) is 3. The largest absolute Gasteiger partial charge is 0.497 e. The molecular formula is C10H15N2O2. The van der Waals surface area contributed by atoms with Gasteiger partial charge in [-0.1, -0.05) is 12.1 Å². The Morgan fingerprint density at radius 2 is 2.07 bits per heavy atom. The molecule has 0 heterocycles. The molecule has 0 amide bonds. The van der Waals surface area contributed by atoms with E-state index in [0.717, 1.165) is 11.3 Å². The van der Waals surface area contributed by atoms with E-state index in [1.165, 1.54) is 0 Å². The van der Waals surface area contributed by atoms with Gasteiger partial charge in [0.1, 0.15) is 5.75 Å². The zero-order chi connectivity index (χ0) is 10.2. The molecule has 1 radical (unpaired) electrons. The van der Waals surface area contributed by atoms with Crippen LogP contribution in [-0.4, -0.2) is 25.4 Å². The highest BCUT2D eigenvalue weighted by molar-refractivity contribution is 5.26. The number of methoxy groups -OCH3 is 1. The molecule has 0 saturated carbocycles. The van der Waals surface area contributed by atoms with Crippen molar-refractivity contribution in [1.29, 1.82) is 0 Å². The van der Waals surface area contributed by atoms with Gasteiger partial charge in [0.2, 0.25) is 0 Å². The minimum absolute atomic E-state index is 0.0790. The van der Waals surface area contributed by atoms with Gasteiger partial charge in [0.25, 0.3) is 0 Å². The fourth-order valence-electron chi connectivity index (χ4n) is 1.02.